The molecule has 190 valence electrons. The summed E-state index contributed by atoms with van der Waals surface area (Å²) in [5, 5.41) is 10.2. The molecule has 0 aliphatic heterocycles. The second-order valence-electron chi connectivity index (χ2n) is 8.92. The standard InChI is InChI=1S/C31H27N3O3S/c1-21(32-30(36)28(23-11-4-2-5-12-23)24-13-6-3-7-14-24)29(35)34-31-33-26(20-38-31)19-37-27-17-16-22-10-8-9-15-25(22)18-27/h2-18,20-21,28H,19H2,1H3,(H,32,36)(H,33,34,35). The topological polar surface area (TPSA) is 80.3 Å². The van der Waals surface area contributed by atoms with Crippen LogP contribution in [-0.2, 0) is 16.2 Å². The van der Waals surface area contributed by atoms with Crippen LogP contribution in [-0.4, -0.2) is 22.8 Å². The van der Waals surface area contributed by atoms with Gasteiger partial charge in [-0.2, -0.15) is 0 Å². The monoisotopic (exact) mass is 521 g/mol. The van der Waals surface area contributed by atoms with Gasteiger partial charge >= 0.3 is 0 Å². The second-order valence-corrected chi connectivity index (χ2v) is 9.77. The molecular weight excluding hydrogens is 494 g/mol. The molecule has 5 aromatic rings. The van der Waals surface area contributed by atoms with Crippen molar-refractivity contribution in [1.29, 1.82) is 0 Å². The molecule has 0 saturated carbocycles. The molecule has 1 atom stereocenters. The van der Waals surface area contributed by atoms with Gasteiger partial charge in [0.2, 0.25) is 11.8 Å². The summed E-state index contributed by atoms with van der Waals surface area (Å²) in [5.41, 5.74) is 2.43. The van der Waals surface area contributed by atoms with Crippen LogP contribution in [0.15, 0.2) is 109 Å². The van der Waals surface area contributed by atoms with Crippen molar-refractivity contribution in [2.24, 2.45) is 0 Å². The largest absolute Gasteiger partial charge is 0.487 e. The van der Waals surface area contributed by atoms with Crippen molar-refractivity contribution in [1.82, 2.24) is 10.3 Å². The van der Waals surface area contributed by atoms with E-state index in [4.69, 9.17) is 4.74 Å². The van der Waals surface area contributed by atoms with E-state index in [0.717, 1.165) is 27.6 Å². The Labute approximate surface area is 225 Å². The van der Waals surface area contributed by atoms with Crippen LogP contribution in [0.25, 0.3) is 10.8 Å². The van der Waals surface area contributed by atoms with Crippen molar-refractivity contribution in [2.45, 2.75) is 25.5 Å². The number of hydrogen-bond acceptors (Lipinski definition) is 5. The van der Waals surface area contributed by atoms with Gasteiger partial charge in [0, 0.05) is 5.38 Å². The molecule has 1 unspecified atom stereocenters. The lowest BCUT2D eigenvalue weighted by Gasteiger charge is -2.20. The van der Waals surface area contributed by atoms with E-state index in [1.54, 1.807) is 6.92 Å². The lowest BCUT2D eigenvalue weighted by molar-refractivity contribution is -0.126. The maximum atomic E-state index is 13.3. The Morgan fingerprint density at radius 1 is 0.816 bits per heavy atom. The third-order valence-corrected chi connectivity index (χ3v) is 6.98. The average Bonchev–Trinajstić information content (AvgIpc) is 3.40. The van der Waals surface area contributed by atoms with Crippen molar-refractivity contribution < 1.29 is 14.3 Å². The zero-order chi connectivity index (χ0) is 26.3. The third kappa shape index (κ3) is 6.07. The molecule has 38 heavy (non-hydrogen) atoms. The summed E-state index contributed by atoms with van der Waals surface area (Å²) in [7, 11) is 0. The molecule has 0 aliphatic carbocycles. The lowest BCUT2D eigenvalue weighted by atomic mass is 9.90. The quantitative estimate of drug-likeness (QED) is 0.244. The number of rotatable bonds is 9. The summed E-state index contributed by atoms with van der Waals surface area (Å²) in [5.74, 6) is -0.348. The van der Waals surface area contributed by atoms with Gasteiger partial charge in [0.15, 0.2) is 5.13 Å². The van der Waals surface area contributed by atoms with E-state index in [1.807, 2.05) is 102 Å². The Morgan fingerprint density at radius 3 is 2.13 bits per heavy atom. The molecule has 7 heteroatoms. The number of amides is 2. The van der Waals surface area contributed by atoms with Crippen LogP contribution in [0.5, 0.6) is 5.75 Å². The number of benzene rings is 4. The van der Waals surface area contributed by atoms with E-state index in [2.05, 4.69) is 21.7 Å². The highest BCUT2D eigenvalue weighted by Gasteiger charge is 2.26. The maximum absolute atomic E-state index is 13.3. The Kier molecular flexibility index (Phi) is 7.75. The molecule has 4 aromatic carbocycles. The van der Waals surface area contributed by atoms with Gasteiger partial charge in [0.05, 0.1) is 11.6 Å². The first-order valence-electron chi connectivity index (χ1n) is 12.3. The minimum Gasteiger partial charge on any atom is -0.487 e. The molecule has 0 aliphatic rings. The van der Waals surface area contributed by atoms with E-state index in [-0.39, 0.29) is 18.4 Å². The molecule has 0 bridgehead atoms. The zero-order valence-corrected chi connectivity index (χ0v) is 21.7. The summed E-state index contributed by atoms with van der Waals surface area (Å²) in [6, 6.07) is 32.4. The summed E-state index contributed by atoms with van der Waals surface area (Å²) in [6.45, 7) is 1.95. The van der Waals surface area contributed by atoms with Crippen LogP contribution in [0.1, 0.15) is 29.7 Å². The molecule has 1 aromatic heterocycles. The van der Waals surface area contributed by atoms with Gasteiger partial charge < -0.3 is 15.4 Å². The van der Waals surface area contributed by atoms with Crippen molar-refractivity contribution in [2.75, 3.05) is 5.32 Å². The predicted octanol–water partition coefficient (Wildman–Crippen LogP) is 6.15. The summed E-state index contributed by atoms with van der Waals surface area (Å²) < 4.78 is 5.90. The number of carbonyl (C=O) groups excluding carboxylic acids is 2. The van der Waals surface area contributed by atoms with Crippen molar-refractivity contribution >= 4 is 39.1 Å². The highest BCUT2D eigenvalue weighted by molar-refractivity contribution is 7.13. The van der Waals surface area contributed by atoms with Gasteiger partial charge in [-0.25, -0.2) is 4.98 Å². The first-order chi connectivity index (χ1) is 18.6. The highest BCUT2D eigenvalue weighted by Crippen LogP contribution is 2.25. The van der Waals surface area contributed by atoms with Gasteiger partial charge in [0.1, 0.15) is 18.4 Å². The first-order valence-corrected chi connectivity index (χ1v) is 13.2. The van der Waals surface area contributed by atoms with Gasteiger partial charge in [-0.15, -0.1) is 11.3 Å². The maximum Gasteiger partial charge on any atom is 0.248 e. The zero-order valence-electron chi connectivity index (χ0n) is 20.8. The minimum atomic E-state index is -0.751. The van der Waals surface area contributed by atoms with E-state index in [9.17, 15) is 9.59 Å². The van der Waals surface area contributed by atoms with Crippen LogP contribution in [0.2, 0.25) is 0 Å². The number of fused-ring (bicyclic) bond motifs is 1. The Morgan fingerprint density at radius 2 is 1.45 bits per heavy atom. The SMILES string of the molecule is CC(NC(=O)C(c1ccccc1)c1ccccc1)C(=O)Nc1nc(COc2ccc3ccccc3c2)cs1. The Balaban J connectivity index is 1.19. The van der Waals surface area contributed by atoms with Gasteiger partial charge in [-0.05, 0) is 41.0 Å². The Hall–Kier alpha value is -4.49. The normalized spacial score (nSPS) is 11.7. The van der Waals surface area contributed by atoms with Crippen molar-refractivity contribution in [3.63, 3.8) is 0 Å². The molecular formula is C31H27N3O3S. The van der Waals surface area contributed by atoms with E-state index in [1.165, 1.54) is 11.3 Å². The number of nitrogens with one attached hydrogen (secondary N) is 2. The van der Waals surface area contributed by atoms with Crippen LogP contribution in [0, 0.1) is 0 Å². The molecule has 0 spiro atoms. The molecule has 0 saturated heterocycles. The van der Waals surface area contributed by atoms with E-state index >= 15 is 0 Å². The van der Waals surface area contributed by atoms with Crippen molar-refractivity contribution in [3.8, 4) is 5.75 Å². The summed E-state index contributed by atoms with van der Waals surface area (Å²) >= 11 is 1.32. The molecule has 6 nitrogen and oxygen atoms in total. The summed E-state index contributed by atoms with van der Waals surface area (Å²) in [6.07, 6.45) is 0. The fourth-order valence-corrected chi connectivity index (χ4v) is 4.91. The fraction of sp³-hybridized carbons (Fsp3) is 0.129. The van der Waals surface area contributed by atoms with Gasteiger partial charge in [-0.1, -0.05) is 91.0 Å². The average molecular weight is 522 g/mol. The van der Waals surface area contributed by atoms with Crippen LogP contribution < -0.4 is 15.4 Å². The smallest absolute Gasteiger partial charge is 0.248 e. The second kappa shape index (κ2) is 11.7. The Bertz CT molecular complexity index is 1500. The molecule has 2 amide bonds. The number of thiazole rings is 1. The molecule has 0 radical (unpaired) electrons. The molecule has 0 fully saturated rings. The van der Waals surface area contributed by atoms with Gasteiger partial charge in [-0.3, -0.25) is 9.59 Å². The number of nitrogens with zero attached hydrogens (tertiary/aromatic N) is 1. The first kappa shape index (κ1) is 25.2. The molecule has 1 heterocycles. The fourth-order valence-electron chi connectivity index (χ4n) is 4.21. The number of ether oxygens (including phenoxy) is 1. The molecule has 2 N–H and O–H groups in total. The number of aromatic nitrogens is 1. The minimum absolute atomic E-state index is 0.242. The van der Waals surface area contributed by atoms with Crippen LogP contribution in [0.3, 0.4) is 0 Å². The highest BCUT2D eigenvalue weighted by atomic mass is 32.1. The number of anilines is 1. The van der Waals surface area contributed by atoms with Crippen LogP contribution >= 0.6 is 11.3 Å². The van der Waals surface area contributed by atoms with Crippen molar-refractivity contribution in [3.05, 3.63) is 125 Å². The lowest BCUT2D eigenvalue weighted by Crippen LogP contribution is -2.43. The van der Waals surface area contributed by atoms with E-state index < -0.39 is 12.0 Å². The summed E-state index contributed by atoms with van der Waals surface area (Å²) in [4.78, 5) is 30.6. The van der Waals surface area contributed by atoms with Gasteiger partial charge in [0.25, 0.3) is 0 Å². The molecule has 5 rings (SSSR count). The predicted molar refractivity (Wildman–Crippen MR) is 151 cm³/mol. The third-order valence-electron chi connectivity index (χ3n) is 6.17. The number of carbonyl (C=O) groups is 2. The van der Waals surface area contributed by atoms with Crippen LogP contribution in [0.4, 0.5) is 5.13 Å². The van der Waals surface area contributed by atoms with E-state index in [0.29, 0.717) is 10.8 Å². The number of hydrogen-bond donors (Lipinski definition) is 2.